The maximum absolute atomic E-state index is 10.7. The van der Waals surface area contributed by atoms with E-state index in [9.17, 15) is 4.79 Å². The lowest BCUT2D eigenvalue weighted by Gasteiger charge is -1.95. The molecule has 0 aliphatic carbocycles. The first-order valence-corrected chi connectivity index (χ1v) is 5.21. The largest absolute Gasteiger partial charge is 0.477 e. The Morgan fingerprint density at radius 1 is 1.60 bits per heavy atom. The molecule has 0 saturated carbocycles. The van der Waals surface area contributed by atoms with E-state index in [0.29, 0.717) is 12.1 Å². The van der Waals surface area contributed by atoms with Crippen LogP contribution < -0.4 is 5.73 Å². The highest BCUT2D eigenvalue weighted by Crippen LogP contribution is 2.27. The normalized spacial score (nSPS) is 10.4. The van der Waals surface area contributed by atoms with Crippen molar-refractivity contribution in [2.24, 2.45) is 0 Å². The van der Waals surface area contributed by atoms with E-state index in [1.165, 1.54) is 17.4 Å². The van der Waals surface area contributed by atoms with Gasteiger partial charge in [-0.15, -0.1) is 11.3 Å². The van der Waals surface area contributed by atoms with Gasteiger partial charge in [-0.1, -0.05) is 0 Å². The van der Waals surface area contributed by atoms with Gasteiger partial charge in [0, 0.05) is 29.4 Å². The molecule has 2 rings (SSSR count). The van der Waals surface area contributed by atoms with Gasteiger partial charge in [0.25, 0.3) is 0 Å². The molecule has 0 unspecified atom stereocenters. The van der Waals surface area contributed by atoms with Crippen LogP contribution in [0, 0.1) is 0 Å². The minimum atomic E-state index is -0.924. The SMILES string of the molecule is Nc1cc(C(=O)O)sc1Cc1cc[nH]c1. The van der Waals surface area contributed by atoms with Gasteiger partial charge < -0.3 is 15.8 Å². The van der Waals surface area contributed by atoms with Gasteiger partial charge in [-0.05, 0) is 17.7 Å². The van der Waals surface area contributed by atoms with E-state index in [-0.39, 0.29) is 4.88 Å². The second kappa shape index (κ2) is 3.78. The summed E-state index contributed by atoms with van der Waals surface area (Å²) in [6.45, 7) is 0. The molecule has 2 heterocycles. The number of carbonyl (C=O) groups is 1. The molecule has 0 amide bonds. The number of hydrogen-bond donors (Lipinski definition) is 3. The van der Waals surface area contributed by atoms with Gasteiger partial charge in [0.15, 0.2) is 0 Å². The van der Waals surface area contributed by atoms with Crippen LogP contribution in [-0.4, -0.2) is 16.1 Å². The van der Waals surface area contributed by atoms with Gasteiger partial charge in [0.1, 0.15) is 4.88 Å². The molecule has 5 heteroatoms. The van der Waals surface area contributed by atoms with Crippen LogP contribution in [0.4, 0.5) is 5.69 Å². The fraction of sp³-hybridized carbons (Fsp3) is 0.100. The van der Waals surface area contributed by atoms with Crippen molar-refractivity contribution >= 4 is 23.0 Å². The van der Waals surface area contributed by atoms with E-state index in [0.717, 1.165) is 10.4 Å². The smallest absolute Gasteiger partial charge is 0.345 e. The molecule has 4 nitrogen and oxygen atoms in total. The second-order valence-electron chi connectivity index (χ2n) is 3.19. The zero-order chi connectivity index (χ0) is 10.8. The summed E-state index contributed by atoms with van der Waals surface area (Å²) in [6.07, 6.45) is 4.38. The number of nitrogens with one attached hydrogen (secondary N) is 1. The van der Waals surface area contributed by atoms with Gasteiger partial charge in [0.2, 0.25) is 0 Å². The summed E-state index contributed by atoms with van der Waals surface area (Å²) in [5.74, 6) is -0.924. The number of carboxylic acid groups (broad SMARTS) is 1. The number of nitrogen functional groups attached to an aromatic ring is 1. The summed E-state index contributed by atoms with van der Waals surface area (Å²) in [5.41, 5.74) is 7.38. The van der Waals surface area contributed by atoms with E-state index < -0.39 is 5.97 Å². The lowest BCUT2D eigenvalue weighted by Crippen LogP contribution is -1.90. The molecule has 0 bridgehead atoms. The van der Waals surface area contributed by atoms with Crippen molar-refractivity contribution in [1.82, 2.24) is 4.98 Å². The number of nitrogens with two attached hydrogens (primary N) is 1. The molecule has 0 radical (unpaired) electrons. The maximum Gasteiger partial charge on any atom is 0.345 e. The van der Waals surface area contributed by atoms with Crippen LogP contribution in [0.3, 0.4) is 0 Å². The molecule has 2 aromatic rings. The van der Waals surface area contributed by atoms with Crippen LogP contribution in [0.2, 0.25) is 0 Å². The summed E-state index contributed by atoms with van der Waals surface area (Å²) in [4.78, 5) is 14.8. The average Bonchev–Trinajstić information content (AvgIpc) is 2.77. The van der Waals surface area contributed by atoms with Crippen LogP contribution in [-0.2, 0) is 6.42 Å². The van der Waals surface area contributed by atoms with Gasteiger partial charge >= 0.3 is 5.97 Å². The van der Waals surface area contributed by atoms with E-state index >= 15 is 0 Å². The predicted molar refractivity (Wildman–Crippen MR) is 59.3 cm³/mol. The molecule has 0 aliphatic rings. The van der Waals surface area contributed by atoms with Crippen molar-refractivity contribution < 1.29 is 9.90 Å². The number of aromatic amines is 1. The average molecular weight is 222 g/mol. The molecule has 0 aliphatic heterocycles. The predicted octanol–water partition coefficient (Wildman–Crippen LogP) is 1.95. The number of anilines is 1. The Kier molecular flexibility index (Phi) is 2.47. The van der Waals surface area contributed by atoms with Gasteiger partial charge in [0.05, 0.1) is 0 Å². The van der Waals surface area contributed by atoms with Crippen LogP contribution in [0.25, 0.3) is 0 Å². The van der Waals surface area contributed by atoms with E-state index in [1.54, 1.807) is 0 Å². The number of aromatic carboxylic acids is 1. The molecule has 2 aromatic heterocycles. The van der Waals surface area contributed by atoms with Crippen molar-refractivity contribution in [2.75, 3.05) is 5.73 Å². The van der Waals surface area contributed by atoms with Crippen molar-refractivity contribution in [3.05, 3.63) is 39.8 Å². The Morgan fingerprint density at radius 3 is 2.93 bits per heavy atom. The third-order valence-corrected chi connectivity index (χ3v) is 3.22. The van der Waals surface area contributed by atoms with Crippen LogP contribution >= 0.6 is 11.3 Å². The van der Waals surface area contributed by atoms with Crippen LogP contribution in [0.15, 0.2) is 24.5 Å². The molecule has 0 aromatic carbocycles. The lowest BCUT2D eigenvalue weighted by molar-refractivity contribution is 0.0702. The lowest BCUT2D eigenvalue weighted by atomic mass is 10.2. The molecule has 0 saturated heterocycles. The first kappa shape index (κ1) is 9.79. The Hall–Kier alpha value is -1.75. The fourth-order valence-electron chi connectivity index (χ4n) is 1.34. The highest BCUT2D eigenvalue weighted by molar-refractivity contribution is 7.14. The number of rotatable bonds is 3. The monoisotopic (exact) mass is 222 g/mol. The van der Waals surface area contributed by atoms with E-state index in [2.05, 4.69) is 4.98 Å². The molecular weight excluding hydrogens is 212 g/mol. The minimum Gasteiger partial charge on any atom is -0.477 e. The van der Waals surface area contributed by atoms with Crippen molar-refractivity contribution in [1.29, 1.82) is 0 Å². The Morgan fingerprint density at radius 2 is 2.40 bits per heavy atom. The Bertz CT molecular complexity index is 474. The third kappa shape index (κ3) is 2.02. The van der Waals surface area contributed by atoms with Gasteiger partial charge in [-0.25, -0.2) is 4.79 Å². The van der Waals surface area contributed by atoms with Crippen molar-refractivity contribution in [3.8, 4) is 0 Å². The summed E-state index contributed by atoms with van der Waals surface area (Å²) < 4.78 is 0. The summed E-state index contributed by atoms with van der Waals surface area (Å²) in [5, 5.41) is 8.80. The summed E-state index contributed by atoms with van der Waals surface area (Å²) in [6, 6.07) is 3.45. The number of H-pyrrole nitrogens is 1. The zero-order valence-corrected chi connectivity index (χ0v) is 8.67. The first-order chi connectivity index (χ1) is 7.16. The molecule has 0 fully saturated rings. The number of thiophene rings is 1. The van der Waals surface area contributed by atoms with E-state index in [4.69, 9.17) is 10.8 Å². The highest BCUT2D eigenvalue weighted by Gasteiger charge is 2.11. The van der Waals surface area contributed by atoms with Crippen molar-refractivity contribution in [2.45, 2.75) is 6.42 Å². The van der Waals surface area contributed by atoms with Gasteiger partial charge in [-0.2, -0.15) is 0 Å². The molecule has 78 valence electrons. The maximum atomic E-state index is 10.7. The summed E-state index contributed by atoms with van der Waals surface area (Å²) in [7, 11) is 0. The topological polar surface area (TPSA) is 79.1 Å². The number of hydrogen-bond acceptors (Lipinski definition) is 3. The second-order valence-corrected chi connectivity index (χ2v) is 4.33. The molecule has 0 spiro atoms. The fourth-order valence-corrected chi connectivity index (χ4v) is 2.29. The standard InChI is InChI=1S/C10H10N2O2S/c11-7-4-9(10(13)14)15-8(7)3-6-1-2-12-5-6/h1-2,4-5,12H,3,11H2,(H,13,14). The number of carboxylic acids is 1. The number of aromatic nitrogens is 1. The molecular formula is C10H10N2O2S. The quantitative estimate of drug-likeness (QED) is 0.742. The van der Waals surface area contributed by atoms with Crippen LogP contribution in [0.5, 0.6) is 0 Å². The summed E-state index contributed by atoms with van der Waals surface area (Å²) >= 11 is 1.23. The van der Waals surface area contributed by atoms with E-state index in [1.807, 2.05) is 18.5 Å². The zero-order valence-electron chi connectivity index (χ0n) is 7.86. The highest BCUT2D eigenvalue weighted by atomic mass is 32.1. The molecule has 15 heavy (non-hydrogen) atoms. The Labute approximate surface area is 90.4 Å². The Balaban J connectivity index is 2.25. The van der Waals surface area contributed by atoms with Crippen LogP contribution in [0.1, 0.15) is 20.1 Å². The third-order valence-electron chi connectivity index (χ3n) is 2.08. The molecule has 4 N–H and O–H groups in total. The van der Waals surface area contributed by atoms with Crippen molar-refractivity contribution in [3.63, 3.8) is 0 Å². The molecule has 0 atom stereocenters. The van der Waals surface area contributed by atoms with Gasteiger partial charge in [-0.3, -0.25) is 0 Å². The first-order valence-electron chi connectivity index (χ1n) is 4.40. The minimum absolute atomic E-state index is 0.290.